The summed E-state index contributed by atoms with van der Waals surface area (Å²) < 4.78 is 10.8. The molecule has 1 aliphatic heterocycles. The van der Waals surface area contributed by atoms with Crippen molar-refractivity contribution in [3.63, 3.8) is 0 Å². The fourth-order valence-electron chi connectivity index (χ4n) is 2.54. The minimum absolute atomic E-state index is 0.336. The van der Waals surface area contributed by atoms with Crippen LogP contribution in [-0.4, -0.2) is 11.8 Å². The highest BCUT2D eigenvalue weighted by molar-refractivity contribution is 5.88. The maximum atomic E-state index is 5.41. The molecule has 0 bridgehead atoms. The molecule has 80 valence electrons. The van der Waals surface area contributed by atoms with Crippen LogP contribution in [0.2, 0.25) is 0 Å². The maximum absolute atomic E-state index is 5.41. The van der Waals surface area contributed by atoms with Crippen LogP contribution in [0.15, 0.2) is 12.1 Å². The van der Waals surface area contributed by atoms with E-state index in [-0.39, 0.29) is 0 Å². The minimum atomic E-state index is 0.336. The number of aromatic amines is 1. The van der Waals surface area contributed by atoms with Gasteiger partial charge in [0.1, 0.15) is 0 Å². The Kier molecular flexibility index (Phi) is 1.56. The van der Waals surface area contributed by atoms with E-state index in [4.69, 9.17) is 9.47 Å². The molecule has 2 aromatic rings. The Bertz CT molecular complexity index is 571. The van der Waals surface area contributed by atoms with Gasteiger partial charge in [-0.05, 0) is 37.3 Å². The Morgan fingerprint density at radius 1 is 1.19 bits per heavy atom. The molecule has 1 N–H and O–H groups in total. The molecule has 0 saturated heterocycles. The Labute approximate surface area is 93.4 Å². The first-order chi connectivity index (χ1) is 7.92. The van der Waals surface area contributed by atoms with E-state index in [2.05, 4.69) is 17.5 Å². The lowest BCUT2D eigenvalue weighted by atomic mass is 9.95. The van der Waals surface area contributed by atoms with Gasteiger partial charge in [0.05, 0.1) is 0 Å². The lowest BCUT2D eigenvalue weighted by molar-refractivity contribution is 0.174. The Morgan fingerprint density at radius 2 is 2.06 bits per heavy atom. The largest absolute Gasteiger partial charge is 0.454 e. The van der Waals surface area contributed by atoms with Gasteiger partial charge in [-0.3, -0.25) is 0 Å². The molecule has 0 atom stereocenters. The van der Waals surface area contributed by atoms with E-state index >= 15 is 0 Å². The fourth-order valence-corrected chi connectivity index (χ4v) is 2.54. The van der Waals surface area contributed by atoms with Crippen molar-refractivity contribution in [1.82, 2.24) is 4.98 Å². The van der Waals surface area contributed by atoms with Gasteiger partial charge >= 0.3 is 0 Å². The summed E-state index contributed by atoms with van der Waals surface area (Å²) in [6.45, 7) is 0.336. The number of hydrogen-bond acceptors (Lipinski definition) is 2. The van der Waals surface area contributed by atoms with Crippen molar-refractivity contribution >= 4 is 10.9 Å². The third-order valence-electron chi connectivity index (χ3n) is 3.34. The summed E-state index contributed by atoms with van der Waals surface area (Å²) >= 11 is 0. The molecule has 3 heteroatoms. The standard InChI is InChI=1S/C13H11NO2/c1-2-4-10-8(3-1)9-5-12-13(16-7-15-12)6-11(9)14-10/h5-6,14H,2-4,7H2. The van der Waals surface area contributed by atoms with Gasteiger partial charge in [-0.15, -0.1) is 0 Å². The van der Waals surface area contributed by atoms with Crippen LogP contribution >= 0.6 is 0 Å². The van der Waals surface area contributed by atoms with Crippen LogP contribution < -0.4 is 9.47 Å². The van der Waals surface area contributed by atoms with Crippen LogP contribution in [0, 0.1) is 6.42 Å². The predicted octanol–water partition coefficient (Wildman–Crippen LogP) is 2.47. The van der Waals surface area contributed by atoms with Gasteiger partial charge in [-0.1, -0.05) is 0 Å². The van der Waals surface area contributed by atoms with Gasteiger partial charge < -0.3 is 14.5 Å². The second-order valence-corrected chi connectivity index (χ2v) is 4.26. The number of aromatic nitrogens is 1. The van der Waals surface area contributed by atoms with Gasteiger partial charge in [0.15, 0.2) is 11.5 Å². The van der Waals surface area contributed by atoms with Crippen molar-refractivity contribution in [1.29, 1.82) is 0 Å². The van der Waals surface area contributed by atoms with Crippen molar-refractivity contribution in [3.8, 4) is 11.5 Å². The number of aryl methyl sites for hydroxylation is 1. The highest BCUT2D eigenvalue weighted by Gasteiger charge is 2.20. The first-order valence-electron chi connectivity index (χ1n) is 5.55. The van der Waals surface area contributed by atoms with Crippen LogP contribution in [-0.2, 0) is 12.8 Å². The number of nitrogens with one attached hydrogen (secondary N) is 1. The summed E-state index contributed by atoms with van der Waals surface area (Å²) in [4.78, 5) is 3.47. The van der Waals surface area contributed by atoms with Crippen molar-refractivity contribution in [2.24, 2.45) is 0 Å². The van der Waals surface area contributed by atoms with E-state index in [1.54, 1.807) is 0 Å². The Hall–Kier alpha value is -1.64. The molecular formula is C13H11NO2. The van der Waals surface area contributed by atoms with Crippen molar-refractivity contribution in [2.45, 2.75) is 19.3 Å². The summed E-state index contributed by atoms with van der Waals surface area (Å²) in [7, 11) is 0. The zero-order valence-electron chi connectivity index (χ0n) is 8.80. The van der Waals surface area contributed by atoms with E-state index in [9.17, 15) is 0 Å². The molecule has 0 spiro atoms. The van der Waals surface area contributed by atoms with Gasteiger partial charge in [0.25, 0.3) is 0 Å². The van der Waals surface area contributed by atoms with E-state index in [1.807, 2.05) is 6.07 Å². The molecule has 1 aliphatic carbocycles. The van der Waals surface area contributed by atoms with Crippen molar-refractivity contribution in [2.75, 3.05) is 6.79 Å². The van der Waals surface area contributed by atoms with Gasteiger partial charge in [-0.2, -0.15) is 0 Å². The number of benzene rings is 1. The van der Waals surface area contributed by atoms with Gasteiger partial charge in [-0.25, -0.2) is 0 Å². The molecule has 2 heterocycles. The molecular weight excluding hydrogens is 202 g/mol. The molecule has 2 aliphatic rings. The molecule has 4 rings (SSSR count). The summed E-state index contributed by atoms with van der Waals surface area (Å²) in [6, 6.07) is 4.12. The van der Waals surface area contributed by atoms with Crippen molar-refractivity contribution in [3.05, 3.63) is 29.8 Å². The summed E-state index contributed by atoms with van der Waals surface area (Å²) in [6.07, 6.45) is 6.45. The van der Waals surface area contributed by atoms with Crippen LogP contribution in [0.1, 0.15) is 17.7 Å². The highest BCUT2D eigenvalue weighted by Crippen LogP contribution is 2.39. The predicted molar refractivity (Wildman–Crippen MR) is 59.7 cm³/mol. The zero-order chi connectivity index (χ0) is 10.5. The molecule has 0 saturated carbocycles. The van der Waals surface area contributed by atoms with Gasteiger partial charge in [0, 0.05) is 22.7 Å². The van der Waals surface area contributed by atoms with E-state index < -0.39 is 0 Å². The lowest BCUT2D eigenvalue weighted by Crippen LogP contribution is -2.00. The van der Waals surface area contributed by atoms with E-state index in [0.717, 1.165) is 36.3 Å². The number of fused-ring (bicyclic) bond motifs is 4. The van der Waals surface area contributed by atoms with Crippen LogP contribution in [0.25, 0.3) is 10.9 Å². The summed E-state index contributed by atoms with van der Waals surface area (Å²) in [5.74, 6) is 1.71. The molecule has 0 unspecified atom stereocenters. The topological polar surface area (TPSA) is 34.2 Å². The third kappa shape index (κ3) is 1.03. The maximum Gasteiger partial charge on any atom is 0.231 e. The van der Waals surface area contributed by atoms with E-state index in [0.29, 0.717) is 6.79 Å². The minimum Gasteiger partial charge on any atom is -0.454 e. The number of ether oxygens (including phenoxy) is 2. The average Bonchev–Trinajstić information content (AvgIpc) is 2.88. The first-order valence-corrected chi connectivity index (χ1v) is 5.55. The quantitative estimate of drug-likeness (QED) is 0.729. The summed E-state index contributed by atoms with van der Waals surface area (Å²) in [5, 5.41) is 1.26. The normalized spacial score (nSPS) is 17.8. The third-order valence-corrected chi connectivity index (χ3v) is 3.34. The Morgan fingerprint density at radius 3 is 3.00 bits per heavy atom. The smallest absolute Gasteiger partial charge is 0.231 e. The van der Waals surface area contributed by atoms with Crippen LogP contribution in [0.4, 0.5) is 0 Å². The molecule has 0 fully saturated rings. The molecule has 0 amide bonds. The van der Waals surface area contributed by atoms with E-state index in [1.165, 1.54) is 16.6 Å². The first kappa shape index (κ1) is 8.50. The molecule has 16 heavy (non-hydrogen) atoms. The second-order valence-electron chi connectivity index (χ2n) is 4.26. The SMILES string of the molecule is [C]1CCc2[nH]c3cc4c(cc3c2C1)OCO4. The Balaban J connectivity index is 2.02. The molecule has 2 radical (unpaired) electrons. The monoisotopic (exact) mass is 213 g/mol. The van der Waals surface area contributed by atoms with Crippen LogP contribution in [0.3, 0.4) is 0 Å². The molecule has 1 aromatic heterocycles. The molecule has 1 aromatic carbocycles. The lowest BCUT2D eigenvalue weighted by Gasteiger charge is -2.09. The number of H-pyrrole nitrogens is 1. The second kappa shape index (κ2) is 2.94. The molecule has 3 nitrogen and oxygen atoms in total. The fraction of sp³-hybridized carbons (Fsp3) is 0.308. The number of hydrogen-bond donors (Lipinski definition) is 1. The van der Waals surface area contributed by atoms with Gasteiger partial charge in [0.2, 0.25) is 6.79 Å². The average molecular weight is 213 g/mol. The van der Waals surface area contributed by atoms with Crippen molar-refractivity contribution < 1.29 is 9.47 Å². The van der Waals surface area contributed by atoms with Crippen LogP contribution in [0.5, 0.6) is 11.5 Å². The zero-order valence-corrected chi connectivity index (χ0v) is 8.80. The summed E-state index contributed by atoms with van der Waals surface area (Å²) in [5.41, 5.74) is 3.87. The number of rotatable bonds is 0. The highest BCUT2D eigenvalue weighted by atomic mass is 16.7.